The fraction of sp³-hybridized carbons (Fsp3) is 0.231. The molecule has 2 rings (SSSR count). The monoisotopic (exact) mass is 186 g/mol. The topological polar surface area (TPSA) is 20.2 Å². The first-order valence-corrected chi connectivity index (χ1v) is 4.85. The highest BCUT2D eigenvalue weighted by Crippen LogP contribution is 2.21. The van der Waals surface area contributed by atoms with E-state index in [1.165, 1.54) is 16.3 Å². The van der Waals surface area contributed by atoms with Gasteiger partial charge in [0.2, 0.25) is 0 Å². The van der Waals surface area contributed by atoms with E-state index in [0.717, 1.165) is 5.56 Å². The van der Waals surface area contributed by atoms with Crippen LogP contribution in [0.1, 0.15) is 24.2 Å². The predicted octanol–water partition coefficient (Wildman–Crippen LogP) is 3.20. The van der Waals surface area contributed by atoms with Gasteiger partial charge in [-0.25, -0.2) is 0 Å². The Bertz CT molecular complexity index is 458. The molecule has 0 aliphatic rings. The molecule has 14 heavy (non-hydrogen) atoms. The Hall–Kier alpha value is -1.34. The lowest BCUT2D eigenvalue weighted by Crippen LogP contribution is -1.90. The first-order valence-electron chi connectivity index (χ1n) is 4.85. The van der Waals surface area contributed by atoms with Gasteiger partial charge in [0.25, 0.3) is 0 Å². The van der Waals surface area contributed by atoms with Crippen LogP contribution in [0.25, 0.3) is 10.8 Å². The van der Waals surface area contributed by atoms with Crippen LogP contribution >= 0.6 is 0 Å². The molecule has 2 aromatic rings. The number of hydrogen-bond acceptors (Lipinski definition) is 1. The van der Waals surface area contributed by atoms with Gasteiger partial charge in [-0.15, -0.1) is 0 Å². The Morgan fingerprint density at radius 1 is 1.00 bits per heavy atom. The van der Waals surface area contributed by atoms with Crippen molar-refractivity contribution < 1.29 is 5.11 Å². The van der Waals surface area contributed by atoms with Gasteiger partial charge >= 0.3 is 0 Å². The summed E-state index contributed by atoms with van der Waals surface area (Å²) in [7, 11) is 0. The normalized spacial score (nSPS) is 13.1. The molecule has 1 heteroatoms. The molecule has 0 saturated heterocycles. The Morgan fingerprint density at radius 3 is 2.36 bits per heavy atom. The van der Waals surface area contributed by atoms with Gasteiger partial charge in [-0.2, -0.15) is 0 Å². The van der Waals surface area contributed by atoms with Crippen LogP contribution in [0.5, 0.6) is 0 Å². The summed E-state index contributed by atoms with van der Waals surface area (Å²) < 4.78 is 0. The lowest BCUT2D eigenvalue weighted by molar-refractivity contribution is 0.199. The molecule has 0 aliphatic heterocycles. The third-order valence-electron chi connectivity index (χ3n) is 2.50. The maximum absolute atomic E-state index is 9.44. The van der Waals surface area contributed by atoms with Crippen LogP contribution in [0.15, 0.2) is 36.4 Å². The van der Waals surface area contributed by atoms with Crippen LogP contribution in [0.3, 0.4) is 0 Å². The smallest absolute Gasteiger partial charge is 0.0762 e. The van der Waals surface area contributed by atoms with Crippen LogP contribution in [0, 0.1) is 6.92 Å². The molecule has 1 atom stereocenters. The van der Waals surface area contributed by atoms with Crippen LogP contribution in [-0.2, 0) is 0 Å². The third-order valence-corrected chi connectivity index (χ3v) is 2.50. The minimum absolute atomic E-state index is 0.388. The van der Waals surface area contributed by atoms with Crippen molar-refractivity contribution in [1.82, 2.24) is 0 Å². The predicted molar refractivity (Wildman–Crippen MR) is 59.3 cm³/mol. The molecule has 0 fully saturated rings. The molecular weight excluding hydrogens is 172 g/mol. The second-order valence-corrected chi connectivity index (χ2v) is 3.79. The summed E-state index contributed by atoms with van der Waals surface area (Å²) in [5.74, 6) is 0. The molecule has 0 bridgehead atoms. The lowest BCUT2D eigenvalue weighted by atomic mass is 10.0. The van der Waals surface area contributed by atoms with Gasteiger partial charge in [0, 0.05) is 0 Å². The second kappa shape index (κ2) is 3.43. The molecule has 1 nitrogen and oxygen atoms in total. The zero-order valence-electron chi connectivity index (χ0n) is 8.49. The third kappa shape index (κ3) is 1.64. The van der Waals surface area contributed by atoms with E-state index < -0.39 is 0 Å². The standard InChI is InChI=1S/C13H14O/c1-9-3-4-13-8-11(10(2)14)5-6-12(13)7-9/h3-8,10,14H,1-2H3/t10-/m0/s1. The van der Waals surface area contributed by atoms with Crippen molar-refractivity contribution in [2.24, 2.45) is 0 Å². The maximum Gasteiger partial charge on any atom is 0.0762 e. The summed E-state index contributed by atoms with van der Waals surface area (Å²) in [6, 6.07) is 12.4. The average Bonchev–Trinajstić information content (AvgIpc) is 2.16. The number of fused-ring (bicyclic) bond motifs is 1. The highest BCUT2D eigenvalue weighted by Gasteiger charge is 2.01. The van der Waals surface area contributed by atoms with Crippen molar-refractivity contribution in [2.75, 3.05) is 0 Å². The molecule has 0 heterocycles. The molecule has 72 valence electrons. The van der Waals surface area contributed by atoms with E-state index in [4.69, 9.17) is 0 Å². The van der Waals surface area contributed by atoms with Gasteiger partial charge < -0.3 is 5.11 Å². The van der Waals surface area contributed by atoms with Crippen molar-refractivity contribution in [3.63, 3.8) is 0 Å². The summed E-state index contributed by atoms with van der Waals surface area (Å²) in [4.78, 5) is 0. The second-order valence-electron chi connectivity index (χ2n) is 3.79. The molecular formula is C13H14O. The van der Waals surface area contributed by atoms with E-state index in [2.05, 4.69) is 31.2 Å². The van der Waals surface area contributed by atoms with Crippen molar-refractivity contribution in [3.05, 3.63) is 47.5 Å². The zero-order valence-corrected chi connectivity index (χ0v) is 8.49. The van der Waals surface area contributed by atoms with Crippen molar-refractivity contribution in [3.8, 4) is 0 Å². The fourth-order valence-electron chi connectivity index (χ4n) is 1.64. The first-order chi connectivity index (χ1) is 6.66. The maximum atomic E-state index is 9.44. The minimum Gasteiger partial charge on any atom is -0.389 e. The van der Waals surface area contributed by atoms with Gasteiger partial charge in [0.1, 0.15) is 0 Å². The van der Waals surface area contributed by atoms with Crippen LogP contribution in [-0.4, -0.2) is 5.11 Å². The Balaban J connectivity index is 2.62. The molecule has 0 saturated carbocycles. The largest absolute Gasteiger partial charge is 0.389 e. The summed E-state index contributed by atoms with van der Waals surface area (Å²) in [6.45, 7) is 3.87. The molecule has 0 aliphatic carbocycles. The van der Waals surface area contributed by atoms with Crippen molar-refractivity contribution in [1.29, 1.82) is 0 Å². The fourth-order valence-corrected chi connectivity index (χ4v) is 1.64. The molecule has 0 radical (unpaired) electrons. The van der Waals surface area contributed by atoms with Gasteiger partial charge in [-0.05, 0) is 36.2 Å². The van der Waals surface area contributed by atoms with Crippen LogP contribution in [0.2, 0.25) is 0 Å². The SMILES string of the molecule is Cc1ccc2cc([C@H](C)O)ccc2c1. The lowest BCUT2D eigenvalue weighted by Gasteiger charge is -2.06. The number of aliphatic hydroxyl groups excluding tert-OH is 1. The van der Waals surface area contributed by atoms with E-state index in [0.29, 0.717) is 0 Å². The number of benzene rings is 2. The molecule has 0 unspecified atom stereocenters. The summed E-state index contributed by atoms with van der Waals surface area (Å²) in [5.41, 5.74) is 2.24. The van der Waals surface area contributed by atoms with Crippen molar-refractivity contribution in [2.45, 2.75) is 20.0 Å². The molecule has 0 aromatic heterocycles. The molecule has 1 N–H and O–H groups in total. The highest BCUT2D eigenvalue weighted by molar-refractivity contribution is 5.83. The highest BCUT2D eigenvalue weighted by atomic mass is 16.3. The quantitative estimate of drug-likeness (QED) is 0.725. The summed E-state index contributed by atoms with van der Waals surface area (Å²) in [5, 5.41) is 11.9. The molecule has 2 aromatic carbocycles. The van der Waals surface area contributed by atoms with Gasteiger partial charge in [-0.3, -0.25) is 0 Å². The number of aryl methyl sites for hydroxylation is 1. The van der Waals surface area contributed by atoms with Gasteiger partial charge in [-0.1, -0.05) is 35.9 Å². The Morgan fingerprint density at radius 2 is 1.64 bits per heavy atom. The average molecular weight is 186 g/mol. The van der Waals surface area contributed by atoms with E-state index in [-0.39, 0.29) is 6.10 Å². The van der Waals surface area contributed by atoms with E-state index in [1.54, 1.807) is 6.92 Å². The molecule has 0 amide bonds. The van der Waals surface area contributed by atoms with Gasteiger partial charge in [0.05, 0.1) is 6.10 Å². The van der Waals surface area contributed by atoms with Crippen LogP contribution < -0.4 is 0 Å². The minimum atomic E-state index is -0.388. The van der Waals surface area contributed by atoms with E-state index in [9.17, 15) is 5.11 Å². The molecule has 0 spiro atoms. The van der Waals surface area contributed by atoms with Crippen molar-refractivity contribution >= 4 is 10.8 Å². The first kappa shape index (κ1) is 9.22. The Labute approximate surface area is 84.0 Å². The van der Waals surface area contributed by atoms with Crippen LogP contribution in [0.4, 0.5) is 0 Å². The summed E-state index contributed by atoms with van der Waals surface area (Å²) >= 11 is 0. The number of aliphatic hydroxyl groups is 1. The Kier molecular flexibility index (Phi) is 2.26. The zero-order chi connectivity index (χ0) is 10.1. The summed E-state index contributed by atoms with van der Waals surface area (Å²) in [6.07, 6.45) is -0.388. The number of rotatable bonds is 1. The number of hydrogen-bond donors (Lipinski definition) is 1. The van der Waals surface area contributed by atoms with E-state index in [1.807, 2.05) is 12.1 Å². The van der Waals surface area contributed by atoms with E-state index >= 15 is 0 Å². The van der Waals surface area contributed by atoms with Gasteiger partial charge in [0.15, 0.2) is 0 Å².